The fraction of sp³-hybridized carbons (Fsp3) is 0.200. The molecule has 0 aliphatic carbocycles. The summed E-state index contributed by atoms with van der Waals surface area (Å²) in [6, 6.07) is 9.36. The highest BCUT2D eigenvalue weighted by atomic mass is 79.9. The van der Waals surface area contributed by atoms with Crippen molar-refractivity contribution in [3.8, 4) is 5.75 Å². The second kappa shape index (κ2) is 7.59. The smallest absolute Gasteiger partial charge is 0.156 e. The Kier molecular flexibility index (Phi) is 6.06. The van der Waals surface area contributed by atoms with Crippen LogP contribution in [0.1, 0.15) is 12.5 Å². The molecule has 0 amide bonds. The maximum absolute atomic E-state index is 6.18. The summed E-state index contributed by atoms with van der Waals surface area (Å²) < 4.78 is 6.27. The van der Waals surface area contributed by atoms with Crippen molar-refractivity contribution in [3.05, 3.63) is 55.4 Å². The molecule has 0 atom stereocenters. The molecule has 0 spiro atoms. The summed E-state index contributed by atoms with van der Waals surface area (Å²) in [5, 5.41) is 4.95. The third-order valence-electron chi connectivity index (χ3n) is 2.76. The molecule has 0 aliphatic rings. The van der Waals surface area contributed by atoms with Crippen LogP contribution in [0.25, 0.3) is 0 Å². The highest BCUT2D eigenvalue weighted by Gasteiger charge is 2.09. The topological polar surface area (TPSA) is 21.3 Å². The zero-order valence-electron chi connectivity index (χ0n) is 11.2. The number of halogens is 4. The van der Waals surface area contributed by atoms with Gasteiger partial charge < -0.3 is 10.1 Å². The largest absolute Gasteiger partial charge is 0.491 e. The zero-order chi connectivity index (χ0) is 15.4. The lowest BCUT2D eigenvalue weighted by Gasteiger charge is -2.12. The molecule has 2 aromatic rings. The maximum Gasteiger partial charge on any atom is 0.156 e. The molecule has 2 nitrogen and oxygen atoms in total. The summed E-state index contributed by atoms with van der Waals surface area (Å²) >= 11 is 21.8. The Morgan fingerprint density at radius 1 is 1.05 bits per heavy atom. The first-order valence-corrected chi connectivity index (χ1v) is 8.23. The lowest BCUT2D eigenvalue weighted by molar-refractivity contribution is 0.340. The molecule has 0 aliphatic heterocycles. The van der Waals surface area contributed by atoms with E-state index in [1.807, 2.05) is 37.3 Å². The van der Waals surface area contributed by atoms with Crippen LogP contribution in [0, 0.1) is 0 Å². The van der Waals surface area contributed by atoms with Crippen LogP contribution in [0.2, 0.25) is 15.1 Å². The van der Waals surface area contributed by atoms with Crippen LogP contribution in [-0.4, -0.2) is 6.61 Å². The van der Waals surface area contributed by atoms with E-state index in [1.165, 1.54) is 0 Å². The normalized spacial score (nSPS) is 10.5. The van der Waals surface area contributed by atoms with Gasteiger partial charge in [-0.3, -0.25) is 0 Å². The van der Waals surface area contributed by atoms with Crippen LogP contribution in [0.3, 0.4) is 0 Å². The van der Waals surface area contributed by atoms with Gasteiger partial charge >= 0.3 is 0 Å². The molecule has 0 heterocycles. The van der Waals surface area contributed by atoms with Gasteiger partial charge in [-0.25, -0.2) is 0 Å². The fourth-order valence-corrected chi connectivity index (χ4v) is 2.88. The van der Waals surface area contributed by atoms with Crippen molar-refractivity contribution >= 4 is 56.4 Å². The molecule has 0 saturated carbocycles. The fourth-order valence-electron chi connectivity index (χ4n) is 1.81. The first-order valence-electron chi connectivity index (χ1n) is 6.31. The number of nitrogens with one attached hydrogen (secondary N) is 1. The molecular formula is C15H13BrCl3NO. The summed E-state index contributed by atoms with van der Waals surface area (Å²) in [5.41, 5.74) is 1.89. The van der Waals surface area contributed by atoms with E-state index < -0.39 is 0 Å². The Labute approximate surface area is 147 Å². The number of hydrogen-bond acceptors (Lipinski definition) is 2. The number of hydrogen-bond donors (Lipinski definition) is 1. The van der Waals surface area contributed by atoms with Gasteiger partial charge in [0.1, 0.15) is 0 Å². The molecule has 0 radical (unpaired) electrons. The molecule has 0 bridgehead atoms. The predicted octanol–water partition coefficient (Wildman–Crippen LogP) is 6.42. The van der Waals surface area contributed by atoms with E-state index in [-0.39, 0.29) is 0 Å². The Morgan fingerprint density at radius 3 is 2.29 bits per heavy atom. The van der Waals surface area contributed by atoms with Gasteiger partial charge in [0.15, 0.2) is 5.75 Å². The molecule has 1 N–H and O–H groups in total. The average Bonchev–Trinajstić information content (AvgIpc) is 2.44. The molecule has 0 unspecified atom stereocenters. The Bertz CT molecular complexity index is 626. The molecule has 21 heavy (non-hydrogen) atoms. The van der Waals surface area contributed by atoms with E-state index in [1.54, 1.807) is 0 Å². The molecule has 112 valence electrons. The zero-order valence-corrected chi connectivity index (χ0v) is 15.1. The van der Waals surface area contributed by atoms with Gasteiger partial charge in [-0.1, -0.05) is 34.8 Å². The molecular weight excluding hydrogens is 396 g/mol. The lowest BCUT2D eigenvalue weighted by Crippen LogP contribution is -2.01. The van der Waals surface area contributed by atoms with E-state index >= 15 is 0 Å². The molecule has 2 rings (SSSR count). The Morgan fingerprint density at radius 2 is 1.71 bits per heavy atom. The summed E-state index contributed by atoms with van der Waals surface area (Å²) in [6.45, 7) is 3.00. The van der Waals surface area contributed by atoms with Gasteiger partial charge in [-0.05, 0) is 58.7 Å². The minimum Gasteiger partial charge on any atom is -0.491 e. The van der Waals surface area contributed by atoms with E-state index in [0.717, 1.165) is 15.7 Å². The van der Waals surface area contributed by atoms with Crippen molar-refractivity contribution < 1.29 is 4.74 Å². The average molecular weight is 410 g/mol. The van der Waals surface area contributed by atoms with E-state index in [4.69, 9.17) is 39.5 Å². The number of ether oxygens (including phenoxy) is 1. The Hall–Kier alpha value is -0.610. The van der Waals surface area contributed by atoms with Crippen molar-refractivity contribution in [1.29, 1.82) is 0 Å². The third kappa shape index (κ3) is 4.43. The number of anilines is 1. The van der Waals surface area contributed by atoms with Crippen LogP contribution in [0.4, 0.5) is 5.69 Å². The monoisotopic (exact) mass is 407 g/mol. The van der Waals surface area contributed by atoms with Gasteiger partial charge in [-0.15, -0.1) is 0 Å². The van der Waals surface area contributed by atoms with Gasteiger partial charge in [0.05, 0.1) is 21.7 Å². The van der Waals surface area contributed by atoms with E-state index in [0.29, 0.717) is 34.0 Å². The van der Waals surface area contributed by atoms with Gasteiger partial charge in [0, 0.05) is 16.7 Å². The van der Waals surface area contributed by atoms with Crippen molar-refractivity contribution in [2.24, 2.45) is 0 Å². The van der Waals surface area contributed by atoms with Crippen LogP contribution in [0.15, 0.2) is 34.8 Å². The van der Waals surface area contributed by atoms with Gasteiger partial charge in [0.25, 0.3) is 0 Å². The van der Waals surface area contributed by atoms with Gasteiger partial charge in [0.2, 0.25) is 0 Å². The van der Waals surface area contributed by atoms with Gasteiger partial charge in [-0.2, -0.15) is 0 Å². The van der Waals surface area contributed by atoms with Crippen molar-refractivity contribution in [1.82, 2.24) is 0 Å². The summed E-state index contributed by atoms with van der Waals surface area (Å²) in [6.07, 6.45) is 0. The molecule has 2 aromatic carbocycles. The maximum atomic E-state index is 6.18. The standard InChI is InChI=1S/C15H13BrCl3NO/c1-2-21-15-13(18)5-9(6-14(15)19)8-20-10-3-4-11(16)12(17)7-10/h3-7,20H,2,8H2,1H3. The first kappa shape index (κ1) is 16.8. The highest BCUT2D eigenvalue weighted by molar-refractivity contribution is 9.10. The van der Waals surface area contributed by atoms with E-state index in [2.05, 4.69) is 21.2 Å². The van der Waals surface area contributed by atoms with Crippen molar-refractivity contribution in [2.45, 2.75) is 13.5 Å². The molecule has 0 fully saturated rings. The minimum absolute atomic E-state index is 0.509. The van der Waals surface area contributed by atoms with Crippen molar-refractivity contribution in [3.63, 3.8) is 0 Å². The van der Waals surface area contributed by atoms with Crippen LogP contribution in [0.5, 0.6) is 5.75 Å². The lowest BCUT2D eigenvalue weighted by atomic mass is 10.2. The minimum atomic E-state index is 0.509. The number of rotatable bonds is 5. The SMILES string of the molecule is CCOc1c(Cl)cc(CNc2ccc(Br)c(Cl)c2)cc1Cl. The number of benzene rings is 2. The Balaban J connectivity index is 2.11. The highest BCUT2D eigenvalue weighted by Crippen LogP contribution is 2.34. The van der Waals surface area contributed by atoms with E-state index in [9.17, 15) is 0 Å². The quantitative estimate of drug-likeness (QED) is 0.615. The summed E-state index contributed by atoms with van der Waals surface area (Å²) in [4.78, 5) is 0. The molecule has 6 heteroatoms. The van der Waals surface area contributed by atoms with Crippen LogP contribution >= 0.6 is 50.7 Å². The van der Waals surface area contributed by atoms with Crippen LogP contribution < -0.4 is 10.1 Å². The second-order valence-corrected chi connectivity index (χ2v) is 6.38. The predicted molar refractivity (Wildman–Crippen MR) is 94.1 cm³/mol. The third-order valence-corrected chi connectivity index (χ3v) is 4.56. The summed E-state index contributed by atoms with van der Waals surface area (Å²) in [5.74, 6) is 0.524. The molecule has 0 saturated heterocycles. The molecule has 0 aromatic heterocycles. The summed E-state index contributed by atoms with van der Waals surface area (Å²) in [7, 11) is 0. The second-order valence-electron chi connectivity index (χ2n) is 4.30. The van der Waals surface area contributed by atoms with Crippen molar-refractivity contribution in [2.75, 3.05) is 11.9 Å². The van der Waals surface area contributed by atoms with Crippen LogP contribution in [-0.2, 0) is 6.54 Å². The first-order chi connectivity index (χ1) is 10.0.